The fraction of sp³-hybridized carbons (Fsp3) is 1.00. The normalized spacial score (nSPS) is 12.3. The maximum atomic E-state index is 10.1. The van der Waals surface area contributed by atoms with Crippen LogP contribution >= 0.6 is 0 Å². The summed E-state index contributed by atoms with van der Waals surface area (Å²) in [5, 5.41) is 0. The van der Waals surface area contributed by atoms with Crippen molar-refractivity contribution in [2.45, 2.75) is 285 Å². The van der Waals surface area contributed by atoms with E-state index < -0.39 is 10.4 Å². The first-order valence-corrected chi connectivity index (χ1v) is 24.9. The SMILES string of the molecule is CCCCCCCCC(CCCCCC)(CCCCCC)C([NH3+])(CCCCCC)CCCCCC.CCCCCCCCCCCCOS(=O)(=O)[O-]. The van der Waals surface area contributed by atoms with Crippen LogP contribution in [0.3, 0.4) is 0 Å². The number of hydrogen-bond acceptors (Lipinski definition) is 4. The lowest BCUT2D eigenvalue weighted by Gasteiger charge is -2.47. The molecular formula is C46H97NO4S. The smallest absolute Gasteiger partial charge is 0.217 e. The minimum atomic E-state index is -4.48. The van der Waals surface area contributed by atoms with E-state index in [1.54, 1.807) is 0 Å². The molecule has 6 heteroatoms. The Morgan fingerprint density at radius 1 is 0.385 bits per heavy atom. The highest BCUT2D eigenvalue weighted by Gasteiger charge is 2.49. The molecule has 0 rings (SSSR count). The molecule has 0 aliphatic carbocycles. The molecule has 0 unspecified atom stereocenters. The third kappa shape index (κ3) is 33.2. The molecule has 0 aliphatic rings. The quantitative estimate of drug-likeness (QED) is 0.0382. The Morgan fingerprint density at radius 3 is 0.904 bits per heavy atom. The average molecular weight is 760 g/mol. The number of unbranched alkanes of at least 4 members (excludes halogenated alkanes) is 26. The molecule has 0 aromatic carbocycles. The van der Waals surface area contributed by atoms with Gasteiger partial charge in [-0.05, 0) is 38.5 Å². The second kappa shape index (κ2) is 39.1. The van der Waals surface area contributed by atoms with Crippen molar-refractivity contribution in [1.82, 2.24) is 0 Å². The van der Waals surface area contributed by atoms with Gasteiger partial charge >= 0.3 is 0 Å². The summed E-state index contributed by atoms with van der Waals surface area (Å²) in [5.74, 6) is 0. The lowest BCUT2D eigenvalue weighted by Crippen LogP contribution is -2.79. The number of rotatable bonds is 40. The van der Waals surface area contributed by atoms with Crippen LogP contribution in [-0.2, 0) is 14.6 Å². The van der Waals surface area contributed by atoms with Gasteiger partial charge < -0.3 is 10.3 Å². The Bertz CT molecular complexity index is 778. The minimum absolute atomic E-state index is 0.0301. The van der Waals surface area contributed by atoms with Gasteiger partial charge in [-0.2, -0.15) is 0 Å². The first kappa shape index (κ1) is 53.9. The van der Waals surface area contributed by atoms with Crippen molar-refractivity contribution in [1.29, 1.82) is 0 Å². The molecule has 0 saturated carbocycles. The summed E-state index contributed by atoms with van der Waals surface area (Å²) < 4.78 is 34.5. The van der Waals surface area contributed by atoms with E-state index in [4.69, 9.17) is 5.73 Å². The predicted molar refractivity (Wildman–Crippen MR) is 229 cm³/mol. The first-order valence-electron chi connectivity index (χ1n) is 23.6. The molecule has 0 aliphatic heterocycles. The van der Waals surface area contributed by atoms with Gasteiger partial charge in [0.15, 0.2) is 0 Å². The Hall–Kier alpha value is -0.170. The first-order chi connectivity index (χ1) is 25.1. The Labute approximate surface area is 328 Å². The number of quaternary nitrogens is 1. The zero-order chi connectivity index (χ0) is 39.1. The average Bonchev–Trinajstić information content (AvgIpc) is 3.12. The summed E-state index contributed by atoms with van der Waals surface area (Å²) in [4.78, 5) is 0. The van der Waals surface area contributed by atoms with Crippen LogP contribution in [0.25, 0.3) is 0 Å². The molecule has 0 amide bonds. The van der Waals surface area contributed by atoms with Gasteiger partial charge in [-0.15, -0.1) is 0 Å². The maximum Gasteiger partial charge on any atom is 0.217 e. The van der Waals surface area contributed by atoms with Crippen molar-refractivity contribution < 1.29 is 22.9 Å². The van der Waals surface area contributed by atoms with Crippen molar-refractivity contribution in [3.8, 4) is 0 Å². The molecule has 52 heavy (non-hydrogen) atoms. The van der Waals surface area contributed by atoms with Crippen LogP contribution in [0.2, 0.25) is 0 Å². The Morgan fingerprint density at radius 2 is 0.615 bits per heavy atom. The Balaban J connectivity index is 0. The Kier molecular flexibility index (Phi) is 40.5. The summed E-state index contributed by atoms with van der Waals surface area (Å²) in [7, 11) is -4.48. The molecule has 0 aromatic heterocycles. The topological polar surface area (TPSA) is 94.1 Å². The molecule has 0 atom stereocenters. The van der Waals surface area contributed by atoms with Gasteiger partial charge in [0.1, 0.15) is 5.54 Å². The highest BCUT2D eigenvalue weighted by atomic mass is 32.3. The summed E-state index contributed by atoms with van der Waals surface area (Å²) in [6, 6.07) is 0. The molecule has 0 radical (unpaired) electrons. The minimum Gasteiger partial charge on any atom is -0.726 e. The summed E-state index contributed by atoms with van der Waals surface area (Å²) >= 11 is 0. The van der Waals surface area contributed by atoms with Crippen LogP contribution in [0.1, 0.15) is 279 Å². The summed E-state index contributed by atoms with van der Waals surface area (Å²) in [5.41, 5.74) is 6.05. The van der Waals surface area contributed by atoms with E-state index in [1.165, 1.54) is 218 Å². The molecule has 0 aromatic rings. The monoisotopic (exact) mass is 760 g/mol. The zero-order valence-electron chi connectivity index (χ0n) is 36.6. The van der Waals surface area contributed by atoms with Crippen molar-refractivity contribution >= 4 is 10.4 Å². The molecule has 0 fully saturated rings. The van der Waals surface area contributed by atoms with Crippen LogP contribution in [0, 0.1) is 5.41 Å². The van der Waals surface area contributed by atoms with E-state index >= 15 is 0 Å². The van der Waals surface area contributed by atoms with Gasteiger partial charge in [0.05, 0.1) is 6.61 Å². The third-order valence-corrected chi connectivity index (χ3v) is 12.4. The van der Waals surface area contributed by atoms with E-state index in [-0.39, 0.29) is 6.61 Å². The lowest BCUT2D eigenvalue weighted by atomic mass is 9.58. The van der Waals surface area contributed by atoms with Crippen molar-refractivity contribution in [3.05, 3.63) is 0 Å². The van der Waals surface area contributed by atoms with Crippen molar-refractivity contribution in [2.75, 3.05) is 6.61 Å². The van der Waals surface area contributed by atoms with Crippen LogP contribution in [-0.4, -0.2) is 25.1 Å². The van der Waals surface area contributed by atoms with E-state index in [0.29, 0.717) is 17.4 Å². The molecule has 0 saturated heterocycles. The van der Waals surface area contributed by atoms with Crippen LogP contribution in [0.15, 0.2) is 0 Å². The van der Waals surface area contributed by atoms with Gasteiger partial charge in [0.25, 0.3) is 0 Å². The van der Waals surface area contributed by atoms with Crippen molar-refractivity contribution in [3.63, 3.8) is 0 Å². The largest absolute Gasteiger partial charge is 0.726 e. The van der Waals surface area contributed by atoms with Crippen LogP contribution < -0.4 is 5.73 Å². The standard InChI is InChI=1S/C34H71N.C12H26O4S/c1-6-11-16-21-22-25-30-33(28-23-17-12-7-2,29-24-18-13-8-3)34(35,31-26-19-14-9-4)32-27-20-15-10-5;1-2-3-4-5-6-7-8-9-10-11-12-16-17(13,14)15/h6-32,35H2,1-5H3;2-12H2,1H3,(H,13,14,15). The van der Waals surface area contributed by atoms with Crippen LogP contribution in [0.5, 0.6) is 0 Å². The van der Waals surface area contributed by atoms with Gasteiger partial charge in [0, 0.05) is 18.3 Å². The highest BCUT2D eigenvalue weighted by molar-refractivity contribution is 7.80. The van der Waals surface area contributed by atoms with Gasteiger partial charge in [-0.3, -0.25) is 4.18 Å². The van der Waals surface area contributed by atoms with E-state index in [9.17, 15) is 13.0 Å². The van der Waals surface area contributed by atoms with E-state index in [1.807, 2.05) is 0 Å². The predicted octanol–water partition coefficient (Wildman–Crippen LogP) is 15.0. The third-order valence-electron chi connectivity index (χ3n) is 11.9. The fourth-order valence-electron chi connectivity index (χ4n) is 8.38. The summed E-state index contributed by atoms with van der Waals surface area (Å²) in [6.07, 6.45) is 49.9. The zero-order valence-corrected chi connectivity index (χ0v) is 37.4. The number of hydrogen-bond donors (Lipinski definition) is 1. The molecule has 3 N–H and O–H groups in total. The van der Waals surface area contributed by atoms with E-state index in [2.05, 4.69) is 45.7 Å². The molecule has 0 bridgehead atoms. The van der Waals surface area contributed by atoms with Gasteiger partial charge in [-0.25, -0.2) is 8.42 Å². The second-order valence-electron chi connectivity index (χ2n) is 16.7. The molecule has 0 spiro atoms. The molecular weight excluding hydrogens is 663 g/mol. The highest BCUT2D eigenvalue weighted by Crippen LogP contribution is 2.48. The maximum absolute atomic E-state index is 10.1. The molecule has 316 valence electrons. The molecule has 5 nitrogen and oxygen atoms in total. The second-order valence-corrected chi connectivity index (χ2v) is 17.8. The van der Waals surface area contributed by atoms with Gasteiger partial charge in [0.2, 0.25) is 10.4 Å². The van der Waals surface area contributed by atoms with Crippen LogP contribution in [0.4, 0.5) is 0 Å². The van der Waals surface area contributed by atoms with Gasteiger partial charge in [-0.1, -0.05) is 228 Å². The van der Waals surface area contributed by atoms with Crippen molar-refractivity contribution in [2.24, 2.45) is 5.41 Å². The summed E-state index contributed by atoms with van der Waals surface area (Å²) in [6.45, 7) is 14.0. The van der Waals surface area contributed by atoms with E-state index in [0.717, 1.165) is 12.8 Å². The molecule has 0 heterocycles. The fourth-order valence-corrected chi connectivity index (χ4v) is 8.70. The lowest BCUT2D eigenvalue weighted by molar-refractivity contribution is -0.515.